The summed E-state index contributed by atoms with van der Waals surface area (Å²) in [4.78, 5) is 122. The lowest BCUT2D eigenvalue weighted by atomic mass is 10.00. The molecule has 23 heteroatoms. The number of nitrogens with two attached hydrogens (primary N) is 4. The predicted octanol–water partition coefficient (Wildman–Crippen LogP) is -1.01. The zero-order valence-corrected chi connectivity index (χ0v) is 41.7. The van der Waals surface area contributed by atoms with Crippen molar-refractivity contribution in [2.75, 3.05) is 26.7 Å². The Morgan fingerprint density at radius 3 is 1.81 bits per heavy atom. The molecule has 0 spiro atoms. The molecule has 2 aromatic rings. The Labute approximate surface area is 410 Å². The number of aromatic amines is 1. The van der Waals surface area contributed by atoms with E-state index in [1.807, 2.05) is 52.0 Å². The zero-order valence-electron chi connectivity index (χ0n) is 41.7. The van der Waals surface area contributed by atoms with E-state index >= 15 is 0 Å². The van der Waals surface area contributed by atoms with Crippen LogP contribution in [0.3, 0.4) is 0 Å². The zero-order chi connectivity index (χ0) is 52.1. The highest BCUT2D eigenvalue weighted by Gasteiger charge is 2.39. The lowest BCUT2D eigenvalue weighted by Gasteiger charge is -2.30. The summed E-state index contributed by atoms with van der Waals surface area (Å²) in [6, 6.07) is -0.0229. The molecule has 8 amide bonds. The molecule has 16 N–H and O–H groups in total. The van der Waals surface area contributed by atoms with Gasteiger partial charge >= 0.3 is 0 Å². The summed E-state index contributed by atoms with van der Waals surface area (Å²) in [5.74, 6) is -4.85. The van der Waals surface area contributed by atoms with Gasteiger partial charge in [0.25, 0.3) is 0 Å². The molecule has 0 bridgehead atoms. The third-order valence-electron chi connectivity index (χ3n) is 11.7. The maximum Gasteiger partial charge on any atom is 0.245 e. The molecule has 1 aliphatic rings. The third kappa shape index (κ3) is 18.5. The molecule has 7 atom stereocenters. The molecule has 70 heavy (non-hydrogen) atoms. The summed E-state index contributed by atoms with van der Waals surface area (Å²) in [5.41, 5.74) is 23.3. The van der Waals surface area contributed by atoms with Gasteiger partial charge in [0.2, 0.25) is 47.3 Å². The van der Waals surface area contributed by atoms with Gasteiger partial charge in [0.05, 0.1) is 0 Å². The normalized spacial score (nSPS) is 15.9. The molecule has 1 aliphatic heterocycles. The van der Waals surface area contributed by atoms with E-state index in [0.29, 0.717) is 25.7 Å². The number of aromatic nitrogens is 1. The van der Waals surface area contributed by atoms with Crippen molar-refractivity contribution in [3.05, 3.63) is 36.0 Å². The minimum atomic E-state index is -1.20. The van der Waals surface area contributed by atoms with Crippen LogP contribution in [-0.2, 0) is 44.8 Å². The molecule has 388 valence electrons. The summed E-state index contributed by atoms with van der Waals surface area (Å²) >= 11 is 0. The molecule has 0 aliphatic carbocycles. The van der Waals surface area contributed by atoms with Gasteiger partial charge in [0, 0.05) is 56.6 Å². The van der Waals surface area contributed by atoms with Gasteiger partial charge in [-0.1, -0.05) is 52.8 Å². The van der Waals surface area contributed by atoms with Crippen LogP contribution in [0.4, 0.5) is 0 Å². The molecular formula is C47H77N15O8. The number of nitrogens with one attached hydrogen (secondary N) is 8. The summed E-state index contributed by atoms with van der Waals surface area (Å²) in [6.45, 7) is 11.3. The largest absolute Gasteiger partial charge is 0.370 e. The number of likely N-dealkylation sites (tertiary alicyclic amines) is 1. The Bertz CT molecular complexity index is 2170. The third-order valence-corrected chi connectivity index (χ3v) is 11.7. The maximum atomic E-state index is 14.2. The first-order valence-electron chi connectivity index (χ1n) is 24.1. The second-order valence-corrected chi connectivity index (χ2v) is 18.5. The molecule has 3 rings (SSSR count). The van der Waals surface area contributed by atoms with Crippen molar-refractivity contribution in [3.8, 4) is 0 Å². The van der Waals surface area contributed by atoms with Crippen molar-refractivity contribution in [3.63, 3.8) is 0 Å². The van der Waals surface area contributed by atoms with E-state index in [1.165, 1.54) is 18.9 Å². The highest BCUT2D eigenvalue weighted by atomic mass is 16.2. The highest BCUT2D eigenvalue weighted by Crippen LogP contribution is 2.22. The molecular weight excluding hydrogens is 903 g/mol. The van der Waals surface area contributed by atoms with Gasteiger partial charge in [-0.25, -0.2) is 0 Å². The van der Waals surface area contributed by atoms with Crippen molar-refractivity contribution in [2.45, 2.75) is 148 Å². The first kappa shape index (κ1) is 57.4. The number of hydrogen-bond acceptors (Lipinski definition) is 10. The van der Waals surface area contributed by atoms with Gasteiger partial charge < -0.3 is 70.0 Å². The molecule has 1 saturated heterocycles. The van der Waals surface area contributed by atoms with Crippen LogP contribution >= 0.6 is 0 Å². The molecule has 23 nitrogen and oxygen atoms in total. The van der Waals surface area contributed by atoms with Crippen molar-refractivity contribution in [2.24, 2.45) is 44.8 Å². The first-order chi connectivity index (χ1) is 33.1. The van der Waals surface area contributed by atoms with Gasteiger partial charge in [-0.2, -0.15) is 0 Å². The van der Waals surface area contributed by atoms with E-state index in [4.69, 9.17) is 22.9 Å². The number of aliphatic imine (C=N–C) groups is 2. The second-order valence-electron chi connectivity index (χ2n) is 18.5. The number of carbonyl (C=O) groups excluding carboxylic acids is 8. The summed E-state index contributed by atoms with van der Waals surface area (Å²) in [5, 5.41) is 20.0. The van der Waals surface area contributed by atoms with Gasteiger partial charge in [-0.3, -0.25) is 48.3 Å². The van der Waals surface area contributed by atoms with Crippen LogP contribution in [0.25, 0.3) is 10.9 Å². The molecule has 1 aromatic heterocycles. The molecule has 2 heterocycles. The number of carbonyl (C=O) groups is 8. The number of fused-ring (bicyclic) bond motifs is 1. The van der Waals surface area contributed by atoms with E-state index in [-0.39, 0.29) is 87.8 Å². The van der Waals surface area contributed by atoms with E-state index in [1.54, 1.807) is 13.1 Å². The number of amides is 8. The molecule has 1 aromatic carbocycles. The smallest absolute Gasteiger partial charge is 0.245 e. The minimum absolute atomic E-state index is 0.0251. The Morgan fingerprint density at radius 1 is 0.686 bits per heavy atom. The van der Waals surface area contributed by atoms with Crippen LogP contribution in [-0.4, -0.2) is 138 Å². The summed E-state index contributed by atoms with van der Waals surface area (Å²) in [7, 11) is 1.44. The van der Waals surface area contributed by atoms with Crippen molar-refractivity contribution in [1.29, 1.82) is 0 Å². The van der Waals surface area contributed by atoms with Crippen LogP contribution < -0.4 is 60.2 Å². The fraction of sp³-hybridized carbons (Fsp3) is 0.617. The number of nitrogens with zero attached hydrogens (tertiary/aromatic N) is 3. The van der Waals surface area contributed by atoms with Crippen LogP contribution in [0.5, 0.6) is 0 Å². The van der Waals surface area contributed by atoms with Gasteiger partial charge in [0.1, 0.15) is 42.3 Å². The number of guanidine groups is 2. The lowest BCUT2D eigenvalue weighted by molar-refractivity contribution is -0.142. The Kier molecular flexibility index (Phi) is 23.4. The molecule has 1 fully saturated rings. The van der Waals surface area contributed by atoms with Crippen LogP contribution in [0, 0.1) is 11.8 Å². The fourth-order valence-corrected chi connectivity index (χ4v) is 8.13. The van der Waals surface area contributed by atoms with Crippen LogP contribution in [0.15, 0.2) is 40.4 Å². The molecule has 0 saturated carbocycles. The lowest BCUT2D eigenvalue weighted by Crippen LogP contribution is -2.60. The average molecular weight is 980 g/mol. The number of likely N-dealkylation sites (N-methyl/N-ethyl adjacent to an activating group) is 1. The van der Waals surface area contributed by atoms with E-state index in [9.17, 15) is 38.4 Å². The Morgan fingerprint density at radius 2 is 1.23 bits per heavy atom. The number of benzene rings is 1. The number of hydrogen-bond donors (Lipinski definition) is 12. The van der Waals surface area contributed by atoms with E-state index in [2.05, 4.69) is 52.2 Å². The Balaban J connectivity index is 1.79. The summed E-state index contributed by atoms with van der Waals surface area (Å²) < 4.78 is 0. The predicted molar refractivity (Wildman–Crippen MR) is 267 cm³/mol. The van der Waals surface area contributed by atoms with Gasteiger partial charge in [-0.15, -0.1) is 0 Å². The highest BCUT2D eigenvalue weighted by molar-refractivity contribution is 5.98. The monoisotopic (exact) mass is 980 g/mol. The fourth-order valence-electron chi connectivity index (χ4n) is 8.13. The number of H-pyrrole nitrogens is 1. The van der Waals surface area contributed by atoms with Gasteiger partial charge in [-0.05, 0) is 81.8 Å². The van der Waals surface area contributed by atoms with Crippen LogP contribution in [0.1, 0.15) is 105 Å². The quantitative estimate of drug-likeness (QED) is 0.0277. The Hall–Kier alpha value is -6.94. The van der Waals surface area contributed by atoms with Crippen molar-refractivity contribution in [1.82, 2.24) is 47.1 Å². The maximum absolute atomic E-state index is 14.2. The first-order valence-corrected chi connectivity index (χ1v) is 24.1. The minimum Gasteiger partial charge on any atom is -0.370 e. The molecule has 1 unspecified atom stereocenters. The van der Waals surface area contributed by atoms with Crippen molar-refractivity contribution >= 4 is 70.1 Å². The topological polar surface area (TPSA) is 369 Å². The summed E-state index contributed by atoms with van der Waals surface area (Å²) in [6.07, 6.45) is 4.29. The number of rotatable bonds is 28. The molecule has 0 radical (unpaired) electrons. The second kappa shape index (κ2) is 28.5. The number of para-hydroxylation sites is 1. The van der Waals surface area contributed by atoms with Crippen LogP contribution in [0.2, 0.25) is 0 Å². The van der Waals surface area contributed by atoms with Crippen molar-refractivity contribution < 1.29 is 38.4 Å². The average Bonchev–Trinajstić information content (AvgIpc) is 3.97. The van der Waals surface area contributed by atoms with E-state index in [0.717, 1.165) is 16.5 Å². The van der Waals surface area contributed by atoms with E-state index < -0.39 is 83.6 Å². The SMILES string of the molecule is CCC(=O)NC(CCCN=C(N)N)C(=O)N1CCC[C@H]1C(=O)N[C@@H](CC(C)C)C(=O)N[C@@H](C)C(=O)N[C@@H](CC(C)C)C(=O)N[C@@H](Cc1c[nH]c2ccccc12)C(=O)N[C@@H](CCCN=C(N)N)C(=O)NC. The van der Waals surface area contributed by atoms with Gasteiger partial charge in [0.15, 0.2) is 11.9 Å². The standard InChI is InChI=1S/C47H77N15O8/c1-8-38(63)57-33(17-12-20-54-47(50)51)45(70)62-21-13-18-37(62)44(69)61-34(22-26(2)3)41(66)56-28(6)39(64)59-35(23-27(4)5)42(67)60-36(24-29-25-55-31-15-10-9-14-30(29)31)43(68)58-32(40(65)52-7)16-11-19-53-46(48)49/h9-10,14-15,25-28,32-37,55H,8,11-13,16-24H2,1-7H3,(H,52,65)(H,56,66)(H,57,63)(H,58,68)(H,59,64)(H,60,67)(H,61,69)(H4,48,49,53)(H4,50,51,54)/t28-,32-,33?,34-,35-,36-,37-/m0/s1.